The third-order valence-electron chi connectivity index (χ3n) is 11.4. The maximum atomic E-state index is 6.68. The van der Waals surface area contributed by atoms with Crippen molar-refractivity contribution < 1.29 is 4.74 Å². The van der Waals surface area contributed by atoms with E-state index < -0.39 is 5.41 Å². The van der Waals surface area contributed by atoms with E-state index in [1.807, 2.05) is 24.3 Å². The average molecular weight is 718 g/mol. The van der Waals surface area contributed by atoms with Crippen LogP contribution in [0.3, 0.4) is 0 Å². The Balaban J connectivity index is 1.000. The molecule has 1 spiro atoms. The average Bonchev–Trinajstić information content (AvgIpc) is 3.57. The highest BCUT2D eigenvalue weighted by Crippen LogP contribution is 2.62. The van der Waals surface area contributed by atoms with Crippen LogP contribution in [-0.2, 0) is 5.41 Å². The molecule has 0 radical (unpaired) electrons. The Labute approximate surface area is 326 Å². The van der Waals surface area contributed by atoms with Crippen molar-refractivity contribution in [3.8, 4) is 44.9 Å². The normalized spacial score (nSPS) is 15.6. The number of para-hydroxylation sites is 1. The van der Waals surface area contributed by atoms with Gasteiger partial charge in [0, 0.05) is 22.3 Å². The number of fused-ring (bicyclic) bond motifs is 9. The van der Waals surface area contributed by atoms with Crippen LogP contribution in [0.1, 0.15) is 45.1 Å². The van der Waals surface area contributed by atoms with Crippen LogP contribution in [0.2, 0.25) is 0 Å². The van der Waals surface area contributed by atoms with Gasteiger partial charge in [-0.15, -0.1) is 0 Å². The van der Waals surface area contributed by atoms with Gasteiger partial charge in [-0.2, -0.15) is 0 Å². The number of nitrogens with zero attached hydrogens (tertiary/aromatic N) is 2. The zero-order chi connectivity index (χ0) is 37.1. The molecule has 0 amide bonds. The van der Waals surface area contributed by atoms with Gasteiger partial charge in [-0.1, -0.05) is 182 Å². The lowest BCUT2D eigenvalue weighted by Crippen LogP contribution is -2.36. The van der Waals surface area contributed by atoms with Gasteiger partial charge < -0.3 is 10.1 Å². The van der Waals surface area contributed by atoms with E-state index in [0.29, 0.717) is 0 Å². The van der Waals surface area contributed by atoms with E-state index in [1.54, 1.807) is 0 Å². The van der Waals surface area contributed by atoms with Crippen LogP contribution in [-0.4, -0.2) is 11.7 Å². The van der Waals surface area contributed by atoms with Crippen LogP contribution in [0.15, 0.2) is 210 Å². The molecule has 2 aliphatic heterocycles. The molecule has 11 rings (SSSR count). The highest BCUT2D eigenvalue weighted by molar-refractivity contribution is 6.18. The Bertz CT molecular complexity index is 2810. The molecule has 0 aromatic heterocycles. The van der Waals surface area contributed by atoms with Crippen molar-refractivity contribution in [1.82, 2.24) is 5.32 Å². The fourth-order valence-electron chi connectivity index (χ4n) is 8.92. The van der Waals surface area contributed by atoms with Gasteiger partial charge in [0.05, 0.1) is 5.41 Å². The number of benzene rings is 8. The number of ether oxygens (including phenoxy) is 1. The maximum absolute atomic E-state index is 6.68. The number of amidine groups is 2. The summed E-state index contributed by atoms with van der Waals surface area (Å²) in [6.45, 7) is 0. The van der Waals surface area contributed by atoms with Crippen molar-refractivity contribution in [2.24, 2.45) is 9.98 Å². The molecule has 1 unspecified atom stereocenters. The van der Waals surface area contributed by atoms with E-state index in [1.165, 1.54) is 22.3 Å². The third-order valence-corrected chi connectivity index (χ3v) is 11.4. The maximum Gasteiger partial charge on any atom is 0.169 e. The molecule has 0 saturated heterocycles. The van der Waals surface area contributed by atoms with Gasteiger partial charge >= 0.3 is 0 Å². The van der Waals surface area contributed by atoms with E-state index >= 15 is 0 Å². The van der Waals surface area contributed by atoms with Crippen molar-refractivity contribution in [1.29, 1.82) is 0 Å². The molecule has 3 aliphatic rings. The minimum Gasteiger partial charge on any atom is -0.457 e. The number of hydrogen-bond acceptors (Lipinski definition) is 4. The molecular formula is C52H35N3O. The molecule has 8 aromatic rings. The van der Waals surface area contributed by atoms with Crippen LogP contribution in [0, 0.1) is 0 Å². The topological polar surface area (TPSA) is 46.0 Å². The Morgan fingerprint density at radius 3 is 1.61 bits per heavy atom. The summed E-state index contributed by atoms with van der Waals surface area (Å²) in [7, 11) is 0. The van der Waals surface area contributed by atoms with E-state index in [0.717, 1.165) is 73.2 Å². The number of aliphatic imine (C=N–C) groups is 2. The summed E-state index contributed by atoms with van der Waals surface area (Å²) in [5.74, 6) is 3.36. The summed E-state index contributed by atoms with van der Waals surface area (Å²) in [5, 5.41) is 3.64. The van der Waals surface area contributed by atoms with Gasteiger partial charge in [0.25, 0.3) is 0 Å². The second-order valence-corrected chi connectivity index (χ2v) is 14.5. The van der Waals surface area contributed by atoms with Crippen molar-refractivity contribution in [2.45, 2.75) is 11.6 Å². The minimum absolute atomic E-state index is 0.386. The predicted molar refractivity (Wildman–Crippen MR) is 227 cm³/mol. The summed E-state index contributed by atoms with van der Waals surface area (Å²) < 4.78 is 6.68. The summed E-state index contributed by atoms with van der Waals surface area (Å²) in [6, 6.07) is 70.8. The molecular weight excluding hydrogens is 683 g/mol. The molecule has 8 aromatic carbocycles. The second-order valence-electron chi connectivity index (χ2n) is 14.5. The highest BCUT2D eigenvalue weighted by Gasteiger charge is 2.51. The quantitative estimate of drug-likeness (QED) is 0.193. The summed E-state index contributed by atoms with van der Waals surface area (Å²) >= 11 is 0. The molecule has 4 heteroatoms. The number of hydrogen-bond donors (Lipinski definition) is 1. The molecule has 264 valence electrons. The summed E-state index contributed by atoms with van der Waals surface area (Å²) in [5.41, 5.74) is 14.5. The van der Waals surface area contributed by atoms with Crippen LogP contribution in [0.5, 0.6) is 11.5 Å². The molecule has 56 heavy (non-hydrogen) atoms. The fraction of sp³-hybridized carbons (Fsp3) is 0.0385. The Hall–Kier alpha value is -7.30. The lowest BCUT2D eigenvalue weighted by Gasteiger charge is -2.39. The second kappa shape index (κ2) is 12.9. The van der Waals surface area contributed by atoms with Crippen LogP contribution in [0.4, 0.5) is 0 Å². The van der Waals surface area contributed by atoms with Crippen molar-refractivity contribution >= 4 is 11.7 Å². The van der Waals surface area contributed by atoms with Crippen LogP contribution < -0.4 is 10.1 Å². The van der Waals surface area contributed by atoms with Gasteiger partial charge in [-0.3, -0.25) is 0 Å². The molecule has 1 atom stereocenters. The van der Waals surface area contributed by atoms with Crippen molar-refractivity contribution in [3.63, 3.8) is 0 Å². The van der Waals surface area contributed by atoms with E-state index in [9.17, 15) is 0 Å². The molecule has 0 bridgehead atoms. The van der Waals surface area contributed by atoms with Gasteiger partial charge in [0.1, 0.15) is 23.2 Å². The minimum atomic E-state index is -0.508. The van der Waals surface area contributed by atoms with Gasteiger partial charge in [0.15, 0.2) is 6.17 Å². The summed E-state index contributed by atoms with van der Waals surface area (Å²) in [4.78, 5) is 10.4. The van der Waals surface area contributed by atoms with Gasteiger partial charge in [-0.05, 0) is 68.3 Å². The summed E-state index contributed by atoms with van der Waals surface area (Å²) in [6.07, 6.45) is -0.386. The smallest absolute Gasteiger partial charge is 0.169 e. The first-order valence-electron chi connectivity index (χ1n) is 19.1. The van der Waals surface area contributed by atoms with Crippen molar-refractivity contribution in [2.75, 3.05) is 0 Å². The van der Waals surface area contributed by atoms with Crippen molar-refractivity contribution in [3.05, 3.63) is 239 Å². The number of rotatable bonds is 5. The van der Waals surface area contributed by atoms with Crippen LogP contribution in [0.25, 0.3) is 33.4 Å². The Kier molecular flexibility index (Phi) is 7.42. The Morgan fingerprint density at radius 1 is 0.375 bits per heavy atom. The Morgan fingerprint density at radius 2 is 0.893 bits per heavy atom. The third kappa shape index (κ3) is 5.00. The zero-order valence-electron chi connectivity index (χ0n) is 30.4. The van der Waals surface area contributed by atoms with E-state index in [-0.39, 0.29) is 6.17 Å². The standard InChI is InChI=1S/C52H35N3O/c1-3-15-35(16-4-1)39-19-7-8-22-42(39)51-54-49(36-17-5-2-6-18-36)53-50(55-51)37-29-27-34(28-30-37)38-31-32-48-46(33-38)52(45-25-13-14-26-47(45)56-48)43-23-11-9-20-40(43)41-21-10-12-24-44(41)52/h1-33,49H,(H,53,54,55). The predicted octanol–water partition coefficient (Wildman–Crippen LogP) is 12.0. The molecule has 0 fully saturated rings. The largest absolute Gasteiger partial charge is 0.457 e. The molecule has 1 aliphatic carbocycles. The fourth-order valence-corrected chi connectivity index (χ4v) is 8.92. The van der Waals surface area contributed by atoms with Crippen LogP contribution >= 0.6 is 0 Å². The first-order chi connectivity index (χ1) is 27.8. The molecule has 0 saturated carbocycles. The van der Waals surface area contributed by atoms with E-state index in [4.69, 9.17) is 14.7 Å². The number of nitrogens with one attached hydrogen (secondary N) is 1. The first kappa shape index (κ1) is 32.2. The van der Waals surface area contributed by atoms with Gasteiger partial charge in [-0.25, -0.2) is 9.98 Å². The molecule has 1 N–H and O–H groups in total. The van der Waals surface area contributed by atoms with E-state index in [2.05, 4.69) is 181 Å². The highest BCUT2D eigenvalue weighted by atomic mass is 16.5. The lowest BCUT2D eigenvalue weighted by atomic mass is 9.66. The molecule has 4 nitrogen and oxygen atoms in total. The first-order valence-corrected chi connectivity index (χ1v) is 19.1. The monoisotopic (exact) mass is 717 g/mol. The zero-order valence-corrected chi connectivity index (χ0v) is 30.4. The lowest BCUT2D eigenvalue weighted by molar-refractivity contribution is 0.436. The SMILES string of the molecule is c1ccc(-c2ccccc2C2=NC(c3ccccc3)N=C(c3ccc(-c4ccc5c(c4)C4(c6ccccc6O5)c5ccccc5-c5ccccc54)cc3)N2)cc1. The van der Waals surface area contributed by atoms with Gasteiger partial charge in [0.2, 0.25) is 0 Å². The molecule has 2 heterocycles.